The lowest BCUT2D eigenvalue weighted by molar-refractivity contribution is -0.384. The molecule has 0 saturated carbocycles. The molecule has 2 aliphatic rings. The van der Waals surface area contributed by atoms with Gasteiger partial charge in [-0.25, -0.2) is 9.59 Å². The second kappa shape index (κ2) is 9.57. The molecular weight excluding hydrogens is 394 g/mol. The van der Waals surface area contributed by atoms with Gasteiger partial charge in [-0.3, -0.25) is 10.1 Å². The van der Waals surface area contributed by atoms with E-state index in [1.165, 1.54) is 25.2 Å². The summed E-state index contributed by atoms with van der Waals surface area (Å²) in [5, 5.41) is 11.8. The van der Waals surface area contributed by atoms with Crippen LogP contribution in [0.25, 0.3) is 0 Å². The average molecular weight is 419 g/mol. The first kappa shape index (κ1) is 21.6. The molecule has 30 heavy (non-hydrogen) atoms. The molecule has 0 radical (unpaired) electrons. The van der Waals surface area contributed by atoms with E-state index in [0.717, 1.165) is 38.8 Å². The summed E-state index contributed by atoms with van der Waals surface area (Å²) in [6.45, 7) is 1.33. The van der Waals surface area contributed by atoms with Crippen molar-refractivity contribution in [3.05, 3.63) is 39.6 Å². The molecule has 0 atom stereocenters. The summed E-state index contributed by atoms with van der Waals surface area (Å²) in [5.74, 6) is -1.48. The number of hydrogen-bond acceptors (Lipinski definition) is 9. The number of nitro benzene ring substituents is 1. The number of carbonyl (C=O) groups is 2. The molecule has 0 aromatic heterocycles. The van der Waals surface area contributed by atoms with Gasteiger partial charge in [0.15, 0.2) is 0 Å². The molecule has 1 fully saturated rings. The summed E-state index contributed by atoms with van der Waals surface area (Å²) < 4.78 is 15.0. The lowest BCUT2D eigenvalue weighted by Crippen LogP contribution is -2.38. The molecule has 1 aromatic carbocycles. The highest BCUT2D eigenvalue weighted by atomic mass is 16.6. The van der Waals surface area contributed by atoms with Gasteiger partial charge in [0.25, 0.3) is 5.69 Å². The highest BCUT2D eigenvalue weighted by Crippen LogP contribution is 2.36. The number of esters is 2. The van der Waals surface area contributed by atoms with Gasteiger partial charge in [0, 0.05) is 19.2 Å². The van der Waals surface area contributed by atoms with Crippen molar-refractivity contribution in [2.75, 3.05) is 50.4 Å². The van der Waals surface area contributed by atoms with Gasteiger partial charge in [0.1, 0.15) is 18.1 Å². The van der Waals surface area contributed by atoms with Crippen LogP contribution in [0.1, 0.15) is 25.7 Å². The van der Waals surface area contributed by atoms with Crippen molar-refractivity contribution in [1.82, 2.24) is 0 Å². The van der Waals surface area contributed by atoms with Crippen LogP contribution >= 0.6 is 0 Å². The number of ether oxygens (including phenoxy) is 3. The summed E-state index contributed by atoms with van der Waals surface area (Å²) >= 11 is 0. The number of anilines is 2. The zero-order valence-corrected chi connectivity index (χ0v) is 17.1. The van der Waals surface area contributed by atoms with E-state index >= 15 is 0 Å². The van der Waals surface area contributed by atoms with E-state index in [2.05, 4.69) is 0 Å². The van der Waals surface area contributed by atoms with Crippen molar-refractivity contribution in [2.45, 2.75) is 25.7 Å². The van der Waals surface area contributed by atoms with Crippen LogP contribution in [0.15, 0.2) is 29.5 Å². The van der Waals surface area contributed by atoms with Crippen LogP contribution in [-0.2, 0) is 23.8 Å². The fraction of sp³-hybridized carbons (Fsp3) is 0.500. The highest BCUT2D eigenvalue weighted by Gasteiger charge is 2.33. The third kappa shape index (κ3) is 4.38. The molecule has 0 spiro atoms. The van der Waals surface area contributed by atoms with Crippen LogP contribution in [0.4, 0.5) is 17.1 Å². The maximum Gasteiger partial charge on any atom is 0.355 e. The van der Waals surface area contributed by atoms with Crippen molar-refractivity contribution >= 4 is 29.0 Å². The van der Waals surface area contributed by atoms with Crippen molar-refractivity contribution in [2.24, 2.45) is 0 Å². The summed E-state index contributed by atoms with van der Waals surface area (Å²) in [6.07, 6.45) is 4.18. The summed E-state index contributed by atoms with van der Waals surface area (Å²) in [6, 6.07) is 4.76. The summed E-state index contributed by atoms with van der Waals surface area (Å²) in [7, 11) is 2.40. The molecule has 0 amide bonds. The number of carbonyl (C=O) groups excluding carboxylic acids is 2. The molecule has 1 saturated heterocycles. The predicted octanol–water partition coefficient (Wildman–Crippen LogP) is 2.37. The normalized spacial score (nSPS) is 17.4. The first-order chi connectivity index (χ1) is 14.5. The van der Waals surface area contributed by atoms with Gasteiger partial charge in [-0.05, 0) is 25.0 Å². The van der Waals surface area contributed by atoms with E-state index in [-0.39, 0.29) is 30.3 Å². The largest absolute Gasteiger partial charge is 0.466 e. The first-order valence-corrected chi connectivity index (χ1v) is 9.76. The van der Waals surface area contributed by atoms with Gasteiger partial charge in [0.2, 0.25) is 0 Å². The fourth-order valence-corrected chi connectivity index (χ4v) is 3.75. The molecule has 0 bridgehead atoms. The first-order valence-electron chi connectivity index (χ1n) is 9.76. The summed E-state index contributed by atoms with van der Waals surface area (Å²) in [4.78, 5) is 39.4. The zero-order valence-electron chi connectivity index (χ0n) is 17.1. The van der Waals surface area contributed by atoms with Crippen LogP contribution in [0, 0.1) is 10.1 Å². The van der Waals surface area contributed by atoms with Crippen LogP contribution in [-0.4, -0.2) is 57.5 Å². The van der Waals surface area contributed by atoms with Crippen LogP contribution in [0.2, 0.25) is 0 Å². The second-order valence-corrected chi connectivity index (χ2v) is 7.05. The van der Waals surface area contributed by atoms with Crippen molar-refractivity contribution in [3.63, 3.8) is 0 Å². The Morgan fingerprint density at radius 3 is 2.33 bits per heavy atom. The third-order valence-corrected chi connectivity index (χ3v) is 5.25. The quantitative estimate of drug-likeness (QED) is 0.403. The number of methoxy groups -OCH3 is 2. The molecule has 2 aliphatic heterocycles. The Hall–Kier alpha value is -3.14. The van der Waals surface area contributed by atoms with E-state index < -0.39 is 16.9 Å². The molecule has 1 aromatic rings. The molecule has 0 unspecified atom stereocenters. The number of benzene rings is 1. The Morgan fingerprint density at radius 2 is 1.73 bits per heavy atom. The minimum Gasteiger partial charge on any atom is -0.466 e. The molecule has 2 heterocycles. The molecule has 10 nitrogen and oxygen atoms in total. The third-order valence-electron chi connectivity index (χ3n) is 5.25. The van der Waals surface area contributed by atoms with Crippen LogP contribution in [0.3, 0.4) is 0 Å². The smallest absolute Gasteiger partial charge is 0.355 e. The minimum absolute atomic E-state index is 0.00477. The van der Waals surface area contributed by atoms with Gasteiger partial charge < -0.3 is 24.0 Å². The monoisotopic (exact) mass is 419 g/mol. The van der Waals surface area contributed by atoms with Crippen LogP contribution in [0.5, 0.6) is 0 Å². The van der Waals surface area contributed by atoms with Gasteiger partial charge >= 0.3 is 11.9 Å². The number of nitrogens with zero attached hydrogens (tertiary/aromatic N) is 3. The summed E-state index contributed by atoms with van der Waals surface area (Å²) in [5.41, 5.74) is 0.771. The maximum atomic E-state index is 12.4. The molecule has 3 rings (SSSR count). The Morgan fingerprint density at radius 1 is 1.07 bits per heavy atom. The lowest BCUT2D eigenvalue weighted by Gasteiger charge is -2.31. The van der Waals surface area contributed by atoms with Gasteiger partial charge in [-0.1, -0.05) is 12.8 Å². The SMILES string of the molecule is COC(=O)C1=C(C(=O)OC)N(c2ccc(N3CCCCCC3)c([N+](=O)[O-])c2)COC1. The van der Waals surface area contributed by atoms with E-state index in [9.17, 15) is 19.7 Å². The maximum absolute atomic E-state index is 12.4. The Balaban J connectivity index is 2.05. The van der Waals surface area contributed by atoms with Crippen LogP contribution < -0.4 is 9.80 Å². The predicted molar refractivity (Wildman–Crippen MR) is 108 cm³/mol. The van der Waals surface area contributed by atoms with E-state index in [1.807, 2.05) is 4.90 Å². The average Bonchev–Trinajstić information content (AvgIpc) is 3.06. The highest BCUT2D eigenvalue weighted by molar-refractivity contribution is 6.03. The number of hydrogen-bond donors (Lipinski definition) is 0. The molecule has 0 N–H and O–H groups in total. The van der Waals surface area contributed by atoms with Gasteiger partial charge in [-0.2, -0.15) is 0 Å². The molecule has 10 heteroatoms. The second-order valence-electron chi connectivity index (χ2n) is 7.05. The Bertz CT molecular complexity index is 860. The lowest BCUT2D eigenvalue weighted by atomic mass is 10.1. The Kier molecular flexibility index (Phi) is 6.88. The molecular formula is C20H25N3O7. The van der Waals surface area contributed by atoms with Crippen molar-refractivity contribution < 1.29 is 28.7 Å². The van der Waals surface area contributed by atoms with Gasteiger partial charge in [-0.15, -0.1) is 0 Å². The van der Waals surface area contributed by atoms with E-state index in [0.29, 0.717) is 11.4 Å². The van der Waals surface area contributed by atoms with E-state index in [4.69, 9.17) is 14.2 Å². The standard InChI is InChI=1S/C20H25N3O7/c1-28-19(24)15-12-30-13-22(18(15)20(25)29-2)14-7-8-16(17(11-14)23(26)27)21-9-5-3-4-6-10-21/h7-8,11H,3-6,9-10,12-13H2,1-2H3. The van der Waals surface area contributed by atoms with E-state index in [1.54, 1.807) is 12.1 Å². The van der Waals surface area contributed by atoms with Crippen molar-refractivity contribution in [1.29, 1.82) is 0 Å². The fourth-order valence-electron chi connectivity index (χ4n) is 3.75. The minimum atomic E-state index is -0.752. The van der Waals surface area contributed by atoms with Gasteiger partial charge in [0.05, 0.1) is 37.0 Å². The number of rotatable bonds is 5. The molecule has 162 valence electrons. The molecule has 0 aliphatic carbocycles. The number of nitro groups is 1. The topological polar surface area (TPSA) is 111 Å². The van der Waals surface area contributed by atoms with Crippen molar-refractivity contribution in [3.8, 4) is 0 Å². The Labute approximate surface area is 174 Å². The zero-order chi connectivity index (χ0) is 21.7.